The van der Waals surface area contributed by atoms with Crippen LogP contribution in [0, 0.1) is 13.8 Å². The van der Waals surface area contributed by atoms with Gasteiger partial charge in [0.15, 0.2) is 5.11 Å². The van der Waals surface area contributed by atoms with Crippen LogP contribution in [-0.2, 0) is 20.1 Å². The highest BCUT2D eigenvalue weighted by atomic mass is 35.5. The highest BCUT2D eigenvalue weighted by molar-refractivity contribution is 7.80. The zero-order valence-corrected chi connectivity index (χ0v) is 14.0. The van der Waals surface area contributed by atoms with Gasteiger partial charge in [0, 0.05) is 36.4 Å². The molecule has 0 atom stereocenters. The first-order valence-corrected chi connectivity index (χ1v) is 7.51. The molecule has 1 aromatic carbocycles. The monoisotopic (exact) mass is 322 g/mol. The van der Waals surface area contributed by atoms with Crippen LogP contribution in [0.4, 0.5) is 0 Å². The fourth-order valence-corrected chi connectivity index (χ4v) is 2.36. The average Bonchev–Trinajstić information content (AvgIpc) is 2.69. The fraction of sp³-hybridized carbons (Fsp3) is 0.333. The Morgan fingerprint density at radius 1 is 1.19 bits per heavy atom. The maximum atomic E-state index is 5.86. The zero-order valence-electron chi connectivity index (χ0n) is 12.4. The van der Waals surface area contributed by atoms with Gasteiger partial charge in [-0.15, -0.1) is 0 Å². The third kappa shape index (κ3) is 4.19. The molecule has 4 nitrogen and oxygen atoms in total. The molecule has 0 amide bonds. The van der Waals surface area contributed by atoms with Gasteiger partial charge in [-0.2, -0.15) is 5.10 Å². The van der Waals surface area contributed by atoms with E-state index in [-0.39, 0.29) is 0 Å². The first-order valence-electron chi connectivity index (χ1n) is 6.72. The third-order valence-electron chi connectivity index (χ3n) is 3.45. The lowest BCUT2D eigenvalue weighted by molar-refractivity contribution is 0.729. The van der Waals surface area contributed by atoms with Crippen molar-refractivity contribution in [1.29, 1.82) is 0 Å². The van der Waals surface area contributed by atoms with Crippen LogP contribution >= 0.6 is 23.8 Å². The number of aryl methyl sites for hydroxylation is 2. The van der Waals surface area contributed by atoms with Crippen molar-refractivity contribution < 1.29 is 0 Å². The van der Waals surface area contributed by atoms with Crippen LogP contribution in [0.1, 0.15) is 22.5 Å². The average molecular weight is 323 g/mol. The maximum absolute atomic E-state index is 5.86. The summed E-state index contributed by atoms with van der Waals surface area (Å²) < 4.78 is 1.89. The van der Waals surface area contributed by atoms with Crippen molar-refractivity contribution in [2.45, 2.75) is 26.9 Å². The van der Waals surface area contributed by atoms with E-state index in [1.807, 2.05) is 42.9 Å². The molecule has 0 saturated carbocycles. The summed E-state index contributed by atoms with van der Waals surface area (Å²) >= 11 is 11.2. The molecule has 0 bridgehead atoms. The Morgan fingerprint density at radius 2 is 1.81 bits per heavy atom. The summed E-state index contributed by atoms with van der Waals surface area (Å²) in [7, 11) is 1.95. The van der Waals surface area contributed by atoms with E-state index >= 15 is 0 Å². The van der Waals surface area contributed by atoms with Crippen LogP contribution < -0.4 is 10.6 Å². The molecular formula is C15H19ClN4S. The Kier molecular flexibility index (Phi) is 5.20. The van der Waals surface area contributed by atoms with Gasteiger partial charge in [0.05, 0.1) is 5.69 Å². The maximum Gasteiger partial charge on any atom is 0.166 e. The quantitative estimate of drug-likeness (QED) is 0.849. The molecule has 0 aliphatic heterocycles. The third-order valence-corrected chi connectivity index (χ3v) is 3.99. The molecule has 2 rings (SSSR count). The molecule has 2 aromatic rings. The highest BCUT2D eigenvalue weighted by Crippen LogP contribution is 2.11. The van der Waals surface area contributed by atoms with E-state index in [1.54, 1.807) is 0 Å². The van der Waals surface area contributed by atoms with Crippen molar-refractivity contribution in [2.75, 3.05) is 0 Å². The summed E-state index contributed by atoms with van der Waals surface area (Å²) in [5.74, 6) is 0. The summed E-state index contributed by atoms with van der Waals surface area (Å²) in [6.07, 6.45) is 0. The van der Waals surface area contributed by atoms with Gasteiger partial charge in [0.2, 0.25) is 0 Å². The first kappa shape index (κ1) is 15.8. The van der Waals surface area contributed by atoms with E-state index in [2.05, 4.69) is 22.7 Å². The number of rotatable bonds is 4. The summed E-state index contributed by atoms with van der Waals surface area (Å²) in [5, 5.41) is 12.2. The molecule has 0 radical (unpaired) electrons. The number of hydrogen-bond acceptors (Lipinski definition) is 2. The van der Waals surface area contributed by atoms with Gasteiger partial charge in [-0.3, -0.25) is 4.68 Å². The minimum absolute atomic E-state index is 0.632. The number of benzene rings is 1. The zero-order chi connectivity index (χ0) is 15.4. The molecule has 21 heavy (non-hydrogen) atoms. The second-order valence-corrected chi connectivity index (χ2v) is 5.78. The standard InChI is InChI=1S/C15H19ClN4S/c1-10-14(11(2)20(3)19-10)9-18-15(21)17-8-12-4-6-13(16)7-5-12/h4-7H,8-9H2,1-3H3,(H2,17,18,21). The normalized spacial score (nSPS) is 10.5. The van der Waals surface area contributed by atoms with E-state index in [0.717, 1.165) is 22.0 Å². The smallest absolute Gasteiger partial charge is 0.166 e. The molecule has 0 unspecified atom stereocenters. The molecule has 0 aliphatic rings. The lowest BCUT2D eigenvalue weighted by atomic mass is 10.2. The molecule has 6 heteroatoms. The highest BCUT2D eigenvalue weighted by Gasteiger charge is 2.09. The molecule has 1 heterocycles. The fourth-order valence-electron chi connectivity index (χ4n) is 2.09. The van der Waals surface area contributed by atoms with Crippen molar-refractivity contribution in [3.8, 4) is 0 Å². The van der Waals surface area contributed by atoms with E-state index in [9.17, 15) is 0 Å². The van der Waals surface area contributed by atoms with Crippen LogP contribution in [0.5, 0.6) is 0 Å². The second kappa shape index (κ2) is 6.91. The van der Waals surface area contributed by atoms with Crippen molar-refractivity contribution in [3.63, 3.8) is 0 Å². The van der Waals surface area contributed by atoms with Gasteiger partial charge in [0.25, 0.3) is 0 Å². The van der Waals surface area contributed by atoms with Gasteiger partial charge in [-0.25, -0.2) is 0 Å². The largest absolute Gasteiger partial charge is 0.359 e. The van der Waals surface area contributed by atoms with E-state index in [0.29, 0.717) is 18.2 Å². The van der Waals surface area contributed by atoms with Crippen LogP contribution in [-0.4, -0.2) is 14.9 Å². The van der Waals surface area contributed by atoms with E-state index in [1.165, 1.54) is 5.56 Å². The number of halogens is 1. The van der Waals surface area contributed by atoms with Crippen molar-refractivity contribution in [2.24, 2.45) is 7.05 Å². The van der Waals surface area contributed by atoms with Crippen molar-refractivity contribution in [1.82, 2.24) is 20.4 Å². The molecule has 0 fully saturated rings. The van der Waals surface area contributed by atoms with Crippen LogP contribution in [0.2, 0.25) is 5.02 Å². The number of nitrogens with one attached hydrogen (secondary N) is 2. The van der Waals surface area contributed by atoms with Gasteiger partial charge in [-0.05, 0) is 43.8 Å². The summed E-state index contributed by atoms with van der Waals surface area (Å²) in [4.78, 5) is 0. The van der Waals surface area contributed by atoms with Gasteiger partial charge >= 0.3 is 0 Å². The predicted octanol–water partition coefficient (Wildman–Crippen LogP) is 2.85. The van der Waals surface area contributed by atoms with E-state index < -0.39 is 0 Å². The molecular weight excluding hydrogens is 304 g/mol. The lowest BCUT2D eigenvalue weighted by Gasteiger charge is -2.11. The first-order chi connectivity index (χ1) is 9.97. The number of aromatic nitrogens is 2. The molecule has 112 valence electrons. The van der Waals surface area contributed by atoms with Crippen LogP contribution in [0.15, 0.2) is 24.3 Å². The lowest BCUT2D eigenvalue weighted by Crippen LogP contribution is -2.34. The van der Waals surface area contributed by atoms with E-state index in [4.69, 9.17) is 23.8 Å². The van der Waals surface area contributed by atoms with Gasteiger partial charge in [0.1, 0.15) is 0 Å². The second-order valence-electron chi connectivity index (χ2n) is 4.94. The summed E-state index contributed by atoms with van der Waals surface area (Å²) in [6, 6.07) is 7.70. The number of nitrogens with zero attached hydrogens (tertiary/aromatic N) is 2. The molecule has 1 aromatic heterocycles. The molecule has 2 N–H and O–H groups in total. The Bertz CT molecular complexity index is 634. The minimum atomic E-state index is 0.632. The number of hydrogen-bond donors (Lipinski definition) is 2. The molecule has 0 saturated heterocycles. The Labute approximate surface area is 135 Å². The van der Waals surface area contributed by atoms with Gasteiger partial charge in [-0.1, -0.05) is 23.7 Å². The predicted molar refractivity (Wildman–Crippen MR) is 90.4 cm³/mol. The van der Waals surface area contributed by atoms with Crippen LogP contribution in [0.3, 0.4) is 0 Å². The topological polar surface area (TPSA) is 41.9 Å². The summed E-state index contributed by atoms with van der Waals surface area (Å²) in [6.45, 7) is 5.42. The van der Waals surface area contributed by atoms with Crippen LogP contribution in [0.25, 0.3) is 0 Å². The SMILES string of the molecule is Cc1nn(C)c(C)c1CNC(=S)NCc1ccc(Cl)cc1. The molecule has 0 spiro atoms. The Balaban J connectivity index is 1.83. The Hall–Kier alpha value is -1.59. The number of thiocarbonyl (C=S) groups is 1. The minimum Gasteiger partial charge on any atom is -0.359 e. The Morgan fingerprint density at radius 3 is 2.38 bits per heavy atom. The van der Waals surface area contributed by atoms with Gasteiger partial charge < -0.3 is 10.6 Å². The molecule has 0 aliphatic carbocycles. The van der Waals surface area contributed by atoms with Crippen molar-refractivity contribution >= 4 is 28.9 Å². The van der Waals surface area contributed by atoms with Crippen molar-refractivity contribution in [3.05, 3.63) is 51.8 Å². The summed E-state index contributed by atoms with van der Waals surface area (Å²) in [5.41, 5.74) is 4.51.